The van der Waals surface area contributed by atoms with Crippen LogP contribution in [0.3, 0.4) is 0 Å². The minimum Gasteiger partial charge on any atom is -0.477 e. The maximum absolute atomic E-state index is 12.7. The van der Waals surface area contributed by atoms with Crippen LogP contribution in [0.4, 0.5) is 0 Å². The summed E-state index contributed by atoms with van der Waals surface area (Å²) in [6.07, 6.45) is 0. The molecule has 0 aliphatic carbocycles. The van der Waals surface area contributed by atoms with Gasteiger partial charge < -0.3 is 20.3 Å². The largest absolute Gasteiger partial charge is 0.477 e. The van der Waals surface area contributed by atoms with Gasteiger partial charge in [-0.2, -0.15) is 0 Å². The summed E-state index contributed by atoms with van der Waals surface area (Å²) in [5, 5.41) is 16.0. The van der Waals surface area contributed by atoms with Crippen LogP contribution < -0.4 is 10.6 Å². The number of aromatic carboxylic acids is 1. The third-order valence-corrected chi connectivity index (χ3v) is 5.38. The quantitative estimate of drug-likeness (QED) is 0.520. The predicted octanol–water partition coefficient (Wildman–Crippen LogP) is 3.73. The van der Waals surface area contributed by atoms with E-state index in [1.165, 1.54) is 0 Å². The van der Waals surface area contributed by atoms with Crippen molar-refractivity contribution in [3.05, 3.63) is 69.9 Å². The molecule has 0 saturated carbocycles. The van der Waals surface area contributed by atoms with Crippen LogP contribution in [0.25, 0.3) is 10.9 Å². The van der Waals surface area contributed by atoms with Gasteiger partial charge in [-0.05, 0) is 41.5 Å². The lowest BCUT2D eigenvalue weighted by Crippen LogP contribution is -2.27. The minimum atomic E-state index is -0.993. The number of halogens is 1. The van der Waals surface area contributed by atoms with Crippen LogP contribution in [-0.4, -0.2) is 27.5 Å². The molecule has 0 spiro atoms. The van der Waals surface area contributed by atoms with Crippen molar-refractivity contribution in [2.75, 3.05) is 0 Å². The molecule has 7 nitrogen and oxygen atoms in total. The van der Waals surface area contributed by atoms with Crippen molar-refractivity contribution < 1.29 is 19.5 Å². The van der Waals surface area contributed by atoms with Gasteiger partial charge in [-0.1, -0.05) is 37.6 Å². The van der Waals surface area contributed by atoms with Crippen LogP contribution >= 0.6 is 11.6 Å². The van der Waals surface area contributed by atoms with Crippen molar-refractivity contribution in [3.8, 4) is 0 Å². The topological polar surface area (TPSA) is 100 Å². The van der Waals surface area contributed by atoms with E-state index in [0.29, 0.717) is 17.1 Å². The molecule has 2 amide bonds. The van der Waals surface area contributed by atoms with Gasteiger partial charge >= 0.3 is 5.97 Å². The third kappa shape index (κ3) is 5.06. The molecule has 1 aromatic heterocycles. The lowest BCUT2D eigenvalue weighted by molar-refractivity contribution is -0.124. The number of carbonyl (C=O) groups is 3. The smallest absolute Gasteiger partial charge is 0.352 e. The molecule has 0 aliphatic rings. The fourth-order valence-electron chi connectivity index (χ4n) is 3.24. The lowest BCUT2D eigenvalue weighted by Gasteiger charge is -2.11. The first-order valence-corrected chi connectivity index (χ1v) is 10.2. The molecule has 31 heavy (non-hydrogen) atoms. The summed E-state index contributed by atoms with van der Waals surface area (Å²) in [5.74, 6) is -1.51. The Morgan fingerprint density at radius 1 is 1.00 bits per heavy atom. The van der Waals surface area contributed by atoms with E-state index in [4.69, 9.17) is 11.6 Å². The van der Waals surface area contributed by atoms with E-state index in [-0.39, 0.29) is 30.0 Å². The van der Waals surface area contributed by atoms with Crippen LogP contribution in [0.2, 0.25) is 5.02 Å². The second-order valence-corrected chi connectivity index (χ2v) is 8.06. The van der Waals surface area contributed by atoms with Crippen molar-refractivity contribution >= 4 is 40.3 Å². The fraction of sp³-hybridized carbons (Fsp3) is 0.261. The number of rotatable bonds is 7. The summed E-state index contributed by atoms with van der Waals surface area (Å²) in [6, 6.07) is 12.2. The number of carboxylic acid groups (broad SMARTS) is 1. The van der Waals surface area contributed by atoms with E-state index < -0.39 is 5.97 Å². The predicted molar refractivity (Wildman–Crippen MR) is 119 cm³/mol. The third-order valence-electron chi connectivity index (χ3n) is 5.05. The number of fused-ring (bicyclic) bond motifs is 1. The fourth-order valence-corrected chi connectivity index (χ4v) is 3.44. The van der Waals surface area contributed by atoms with Gasteiger partial charge in [0.15, 0.2) is 0 Å². The number of hydrogen-bond donors (Lipinski definition) is 3. The van der Waals surface area contributed by atoms with Crippen molar-refractivity contribution in [2.45, 2.75) is 26.9 Å². The van der Waals surface area contributed by atoms with Gasteiger partial charge in [0.1, 0.15) is 5.69 Å². The zero-order chi connectivity index (χ0) is 22.7. The first-order valence-electron chi connectivity index (χ1n) is 9.83. The highest BCUT2D eigenvalue weighted by Crippen LogP contribution is 2.21. The van der Waals surface area contributed by atoms with E-state index in [1.807, 2.05) is 32.0 Å². The second kappa shape index (κ2) is 9.22. The van der Waals surface area contributed by atoms with Gasteiger partial charge in [-0.15, -0.1) is 0 Å². The van der Waals surface area contributed by atoms with Gasteiger partial charge in [-0.3, -0.25) is 9.59 Å². The Kier molecular flexibility index (Phi) is 6.65. The molecule has 0 radical (unpaired) electrons. The van der Waals surface area contributed by atoms with Crippen LogP contribution in [-0.2, 0) is 24.9 Å². The van der Waals surface area contributed by atoms with E-state index >= 15 is 0 Å². The number of carbonyl (C=O) groups excluding carboxylic acids is 2. The van der Waals surface area contributed by atoms with Crippen molar-refractivity contribution in [1.29, 1.82) is 0 Å². The minimum absolute atomic E-state index is 0.0664. The molecule has 0 unspecified atom stereocenters. The molecule has 3 N–H and O–H groups in total. The number of nitrogens with one attached hydrogen (secondary N) is 2. The van der Waals surface area contributed by atoms with E-state index in [1.54, 1.807) is 35.9 Å². The monoisotopic (exact) mass is 441 g/mol. The van der Waals surface area contributed by atoms with Crippen molar-refractivity contribution in [1.82, 2.24) is 15.2 Å². The van der Waals surface area contributed by atoms with Gasteiger partial charge in [-0.25, -0.2) is 4.79 Å². The van der Waals surface area contributed by atoms with E-state index in [2.05, 4.69) is 10.6 Å². The Hall–Kier alpha value is -3.32. The number of hydrogen-bond acceptors (Lipinski definition) is 3. The Balaban J connectivity index is 1.71. The van der Waals surface area contributed by atoms with Crippen LogP contribution in [0, 0.1) is 5.92 Å². The number of carboxylic acids is 1. The average molecular weight is 442 g/mol. The Morgan fingerprint density at radius 2 is 1.65 bits per heavy atom. The number of aromatic nitrogens is 1. The molecule has 0 bridgehead atoms. The summed E-state index contributed by atoms with van der Waals surface area (Å²) in [5.41, 5.74) is 2.93. The Bertz CT molecular complexity index is 1170. The van der Waals surface area contributed by atoms with Gasteiger partial charge in [0.2, 0.25) is 5.91 Å². The first-order chi connectivity index (χ1) is 14.7. The van der Waals surface area contributed by atoms with Gasteiger partial charge in [0, 0.05) is 37.0 Å². The first kappa shape index (κ1) is 22.4. The summed E-state index contributed by atoms with van der Waals surface area (Å²) < 4.78 is 1.61. The normalized spacial score (nSPS) is 11.0. The summed E-state index contributed by atoms with van der Waals surface area (Å²) in [4.78, 5) is 35.8. The second-order valence-electron chi connectivity index (χ2n) is 7.66. The molecule has 3 rings (SSSR count). The molecule has 1 heterocycles. The number of nitrogens with zero attached hydrogens (tertiary/aromatic N) is 1. The van der Waals surface area contributed by atoms with Crippen LogP contribution in [0.15, 0.2) is 42.5 Å². The summed E-state index contributed by atoms with van der Waals surface area (Å²) in [6.45, 7) is 4.19. The molecule has 162 valence electrons. The molecule has 0 atom stereocenters. The molecule has 2 aromatic carbocycles. The lowest BCUT2D eigenvalue weighted by atomic mass is 10.1. The van der Waals surface area contributed by atoms with Crippen molar-refractivity contribution in [2.24, 2.45) is 13.0 Å². The van der Waals surface area contributed by atoms with E-state index in [9.17, 15) is 19.5 Å². The molecular weight excluding hydrogens is 418 g/mol. The molecule has 0 fully saturated rings. The Morgan fingerprint density at radius 3 is 2.32 bits per heavy atom. The maximum atomic E-state index is 12.7. The van der Waals surface area contributed by atoms with E-state index in [0.717, 1.165) is 22.0 Å². The summed E-state index contributed by atoms with van der Waals surface area (Å²) in [7, 11) is 1.70. The highest BCUT2D eigenvalue weighted by molar-refractivity contribution is 6.33. The van der Waals surface area contributed by atoms with Gasteiger partial charge in [0.25, 0.3) is 5.91 Å². The molecule has 3 aromatic rings. The SMILES string of the molecule is CC(C)C(=O)NCc1ccc(Cl)c(C(=O)NCc2ccc3c(c2)cc(C(=O)O)n3C)c1. The zero-order valence-electron chi connectivity index (χ0n) is 17.5. The number of aryl methyl sites for hydroxylation is 1. The molecule has 0 saturated heterocycles. The number of amides is 2. The highest BCUT2D eigenvalue weighted by Gasteiger charge is 2.14. The van der Waals surface area contributed by atoms with Crippen molar-refractivity contribution in [3.63, 3.8) is 0 Å². The zero-order valence-corrected chi connectivity index (χ0v) is 18.3. The number of benzene rings is 2. The van der Waals surface area contributed by atoms with Crippen LogP contribution in [0.1, 0.15) is 45.8 Å². The maximum Gasteiger partial charge on any atom is 0.352 e. The Labute approximate surface area is 185 Å². The standard InChI is InChI=1S/C23H24ClN3O4/c1-13(2)21(28)25-12-15-4-6-18(24)17(9-15)22(29)26-11-14-5-7-19-16(8-14)10-20(23(30)31)27(19)3/h4-10,13H,11-12H2,1-3H3,(H,25,28)(H,26,29)(H,30,31). The molecule has 8 heteroatoms. The molecule has 0 aliphatic heterocycles. The van der Waals surface area contributed by atoms with Crippen LogP contribution in [0.5, 0.6) is 0 Å². The molecular formula is C23H24ClN3O4. The average Bonchev–Trinajstić information content (AvgIpc) is 3.07. The highest BCUT2D eigenvalue weighted by atomic mass is 35.5. The van der Waals surface area contributed by atoms with Gasteiger partial charge in [0.05, 0.1) is 10.6 Å². The summed E-state index contributed by atoms with van der Waals surface area (Å²) >= 11 is 6.21.